The van der Waals surface area contributed by atoms with E-state index in [0.29, 0.717) is 0 Å². The van der Waals surface area contributed by atoms with Crippen molar-refractivity contribution < 1.29 is 28.7 Å². The van der Waals surface area contributed by atoms with Crippen molar-refractivity contribution in [2.45, 2.75) is 219 Å². The Morgan fingerprint density at radius 2 is 0.500 bits per heavy atom. The Bertz CT molecular complexity index is 541. The van der Waals surface area contributed by atoms with Gasteiger partial charge < -0.3 is 19.8 Å². The first kappa shape index (κ1) is 50.9. The smallest absolute Gasteiger partial charge is 0.550 e. The minimum atomic E-state index is -1.42. The molecule has 8 heteroatoms. The van der Waals surface area contributed by atoms with E-state index in [0.717, 1.165) is 25.7 Å². The first-order valence-electron chi connectivity index (χ1n) is 18.3. The summed E-state index contributed by atoms with van der Waals surface area (Å²) in [6.45, 7) is 4.53. The largest absolute Gasteiger partial charge is 2.00 e. The second kappa shape index (κ2) is 49.9. The molecule has 0 aromatic heterocycles. The number of unbranched alkanes of at least 4 members (excludes halogenated alkanes) is 28. The summed E-state index contributed by atoms with van der Waals surface area (Å²) in [5, 5.41) is 20.4. The normalized spacial score (nSPS) is 10.0. The van der Waals surface area contributed by atoms with Crippen molar-refractivity contribution in [3.05, 3.63) is 0 Å². The molecule has 0 saturated heterocycles. The Labute approximate surface area is 305 Å². The number of hydrogen-bond acceptors (Lipinski definition) is 6. The van der Waals surface area contributed by atoms with Gasteiger partial charge in [0.15, 0.2) is 0 Å². The zero-order chi connectivity index (χ0) is 32.5. The molecule has 256 valence electrons. The molecular weight excluding hydrogens is 597 g/mol. The average molecular weight is 667 g/mol. The van der Waals surface area contributed by atoms with Crippen LogP contribution in [-0.2, 0) is 18.5 Å². The Morgan fingerprint density at radius 3 is 0.636 bits per heavy atom. The summed E-state index contributed by atoms with van der Waals surface area (Å²) in [5.74, 6) is -1.81. The molecule has 0 atom stereocenters. The van der Waals surface area contributed by atoms with Gasteiger partial charge in [0.05, 0.1) is 0 Å². The molecule has 0 heterocycles. The SMILES string of the molecule is CCCCCCCCCCCCCCCCCC(=O)[O-].CCCCCCCCCCCCCCCCCC(=O)[O-].O=[Si]=O.[Ca+2]. The molecule has 0 radical (unpaired) electrons. The summed E-state index contributed by atoms with van der Waals surface area (Å²) < 4.78 is 16.8. The van der Waals surface area contributed by atoms with Crippen LogP contribution in [0.1, 0.15) is 219 Å². The average Bonchev–Trinajstić information content (AvgIpc) is 2.97. The van der Waals surface area contributed by atoms with E-state index in [-0.39, 0.29) is 50.6 Å². The summed E-state index contributed by atoms with van der Waals surface area (Å²) >= 11 is 0. The molecule has 6 nitrogen and oxygen atoms in total. The minimum Gasteiger partial charge on any atom is -0.550 e. The van der Waals surface area contributed by atoms with Crippen molar-refractivity contribution in [3.63, 3.8) is 0 Å². The maximum Gasteiger partial charge on any atom is 2.00 e. The predicted octanol–water partition coefficient (Wildman–Crippen LogP) is 9.00. The monoisotopic (exact) mass is 666 g/mol. The Hall–Kier alpha value is 0.0166. The third-order valence-electron chi connectivity index (χ3n) is 7.97. The van der Waals surface area contributed by atoms with E-state index < -0.39 is 21.2 Å². The van der Waals surface area contributed by atoms with E-state index in [1.165, 1.54) is 167 Å². The molecule has 0 aliphatic carbocycles. The van der Waals surface area contributed by atoms with Crippen LogP contribution in [0.3, 0.4) is 0 Å². The van der Waals surface area contributed by atoms with Crippen molar-refractivity contribution >= 4 is 59.0 Å². The van der Waals surface area contributed by atoms with Gasteiger partial charge in [-0.05, 0) is 25.7 Å². The number of rotatable bonds is 32. The molecule has 0 amide bonds. The Morgan fingerprint density at radius 1 is 0.364 bits per heavy atom. The fraction of sp³-hybridized carbons (Fsp3) is 0.944. The number of hydrogen-bond donors (Lipinski definition) is 0. The van der Waals surface area contributed by atoms with Crippen molar-refractivity contribution in [2.75, 3.05) is 0 Å². The molecular formula is C36H70CaO6Si. The van der Waals surface area contributed by atoms with Crippen LogP contribution >= 0.6 is 0 Å². The molecule has 0 aromatic rings. The molecule has 0 bridgehead atoms. The maximum atomic E-state index is 10.2. The number of carboxylic acid groups (broad SMARTS) is 2. The van der Waals surface area contributed by atoms with E-state index in [2.05, 4.69) is 13.8 Å². The van der Waals surface area contributed by atoms with Crippen LogP contribution in [0.5, 0.6) is 0 Å². The van der Waals surface area contributed by atoms with Crippen molar-refractivity contribution in [1.29, 1.82) is 0 Å². The van der Waals surface area contributed by atoms with E-state index >= 15 is 0 Å². The molecule has 0 saturated carbocycles. The van der Waals surface area contributed by atoms with Crippen molar-refractivity contribution in [1.82, 2.24) is 0 Å². The molecule has 0 fully saturated rings. The fourth-order valence-corrected chi connectivity index (χ4v) is 5.28. The van der Waals surface area contributed by atoms with Gasteiger partial charge in [-0.1, -0.05) is 194 Å². The van der Waals surface area contributed by atoms with Crippen LogP contribution in [0.2, 0.25) is 0 Å². The van der Waals surface area contributed by atoms with Gasteiger partial charge in [-0.15, -0.1) is 0 Å². The first-order chi connectivity index (χ1) is 21.0. The van der Waals surface area contributed by atoms with Gasteiger partial charge in [0, 0.05) is 11.9 Å². The first-order valence-corrected chi connectivity index (χ1v) is 19.2. The molecule has 0 N–H and O–H groups in total. The van der Waals surface area contributed by atoms with Gasteiger partial charge >= 0.3 is 47.0 Å². The Balaban J connectivity index is -0.000000326. The third kappa shape index (κ3) is 61.1. The van der Waals surface area contributed by atoms with Gasteiger partial charge in [0.1, 0.15) is 0 Å². The van der Waals surface area contributed by atoms with Crippen LogP contribution in [0, 0.1) is 0 Å². The van der Waals surface area contributed by atoms with E-state index in [9.17, 15) is 19.8 Å². The molecule has 0 aromatic carbocycles. The van der Waals surface area contributed by atoms with Gasteiger partial charge in [-0.3, -0.25) is 8.92 Å². The molecule has 0 spiro atoms. The van der Waals surface area contributed by atoms with Gasteiger partial charge in [0.25, 0.3) is 0 Å². The van der Waals surface area contributed by atoms with Crippen LogP contribution in [0.4, 0.5) is 0 Å². The molecule has 44 heavy (non-hydrogen) atoms. The van der Waals surface area contributed by atoms with E-state index in [1.807, 2.05) is 0 Å². The number of carbonyl (C=O) groups is 2. The van der Waals surface area contributed by atoms with Gasteiger partial charge in [-0.25, -0.2) is 0 Å². The van der Waals surface area contributed by atoms with Crippen LogP contribution < -0.4 is 10.2 Å². The van der Waals surface area contributed by atoms with E-state index in [1.54, 1.807) is 0 Å². The number of aliphatic carboxylic acids is 2. The zero-order valence-corrected chi connectivity index (χ0v) is 32.5. The third-order valence-corrected chi connectivity index (χ3v) is 7.97. The summed E-state index contributed by atoms with van der Waals surface area (Å²) in [6, 6.07) is 0. The number of carboxylic acids is 2. The summed E-state index contributed by atoms with van der Waals surface area (Å²) in [5.41, 5.74) is 0. The van der Waals surface area contributed by atoms with Gasteiger partial charge in [-0.2, -0.15) is 0 Å². The van der Waals surface area contributed by atoms with Crippen molar-refractivity contribution in [2.24, 2.45) is 0 Å². The summed E-state index contributed by atoms with van der Waals surface area (Å²) in [7, 11) is -1.42. The maximum absolute atomic E-state index is 10.2. The second-order valence-corrected chi connectivity index (χ2v) is 12.4. The quantitative estimate of drug-likeness (QED) is 0.0523. The fourth-order valence-electron chi connectivity index (χ4n) is 5.28. The topological polar surface area (TPSA) is 114 Å². The summed E-state index contributed by atoms with van der Waals surface area (Å²) in [4.78, 5) is 20.4. The summed E-state index contributed by atoms with van der Waals surface area (Å²) in [6.07, 6.45) is 39.7. The van der Waals surface area contributed by atoms with Crippen molar-refractivity contribution in [3.8, 4) is 0 Å². The zero-order valence-electron chi connectivity index (χ0n) is 29.3. The molecule has 0 unspecified atom stereocenters. The second-order valence-electron chi connectivity index (χ2n) is 12.2. The van der Waals surface area contributed by atoms with Crippen LogP contribution in [0.15, 0.2) is 0 Å². The van der Waals surface area contributed by atoms with Gasteiger partial charge in [0.2, 0.25) is 0 Å². The van der Waals surface area contributed by atoms with Crippen LogP contribution in [0.25, 0.3) is 0 Å². The minimum absolute atomic E-state index is 0. The number of carbonyl (C=O) groups excluding carboxylic acids is 2. The molecule has 0 aliphatic heterocycles. The standard InChI is InChI=1S/2C18H36O2.Ca.O2Si/c2*1-2-3-4-5-6-7-8-9-10-11-12-13-14-15-16-17-18(19)20;;1-3-2/h2*2-17H2,1H3,(H,19,20);;/q;;+2;/p-2. The Kier molecular flexibility index (Phi) is 57.7. The van der Waals surface area contributed by atoms with Crippen LogP contribution in [-0.4, -0.2) is 59.0 Å². The molecule has 0 rings (SSSR count). The predicted molar refractivity (Wildman–Crippen MR) is 182 cm³/mol. The van der Waals surface area contributed by atoms with E-state index in [4.69, 9.17) is 8.92 Å². The molecule has 0 aliphatic rings.